The van der Waals surface area contributed by atoms with E-state index >= 15 is 0 Å². The van der Waals surface area contributed by atoms with Crippen molar-refractivity contribution in [3.63, 3.8) is 0 Å². The molecule has 2 saturated carbocycles. The van der Waals surface area contributed by atoms with Crippen LogP contribution in [0.3, 0.4) is 0 Å². The van der Waals surface area contributed by atoms with Crippen molar-refractivity contribution in [3.05, 3.63) is 36.0 Å². The third kappa shape index (κ3) is 1.99. The second kappa shape index (κ2) is 5.57. The molecule has 1 spiro atoms. The van der Waals surface area contributed by atoms with Crippen LogP contribution in [0.25, 0.3) is 0 Å². The van der Waals surface area contributed by atoms with Gasteiger partial charge in [-0.1, -0.05) is 36.4 Å². The van der Waals surface area contributed by atoms with Crippen LogP contribution in [0.1, 0.15) is 51.9 Å². The normalized spacial score (nSPS) is 49.2. The lowest BCUT2D eigenvalue weighted by atomic mass is 9.51. The first-order valence-corrected chi connectivity index (χ1v) is 10.2. The minimum atomic E-state index is 0.0185. The molecule has 3 heteroatoms. The molecular formula is C22H29NO2. The second-order valence-corrected chi connectivity index (χ2v) is 8.78. The summed E-state index contributed by atoms with van der Waals surface area (Å²) >= 11 is 0. The van der Waals surface area contributed by atoms with E-state index in [1.807, 2.05) is 0 Å². The second-order valence-electron chi connectivity index (χ2n) is 8.78. The molecule has 0 aromatic carbocycles. The van der Waals surface area contributed by atoms with Crippen molar-refractivity contribution in [1.82, 2.24) is 0 Å². The molecule has 0 aromatic rings. The lowest BCUT2D eigenvalue weighted by Crippen LogP contribution is -2.52. The molecule has 1 heterocycles. The minimum Gasteiger partial charge on any atom is -0.411 e. The first kappa shape index (κ1) is 15.9. The number of ether oxygens (including phenoxy) is 1. The van der Waals surface area contributed by atoms with Gasteiger partial charge in [0.2, 0.25) is 0 Å². The third-order valence-electron chi connectivity index (χ3n) is 8.35. The van der Waals surface area contributed by atoms with Crippen molar-refractivity contribution in [2.75, 3.05) is 6.61 Å². The molecule has 0 bridgehead atoms. The lowest BCUT2D eigenvalue weighted by molar-refractivity contribution is -0.112. The van der Waals surface area contributed by atoms with E-state index in [0.29, 0.717) is 17.3 Å². The van der Waals surface area contributed by atoms with E-state index in [2.05, 4.69) is 42.5 Å². The van der Waals surface area contributed by atoms with Gasteiger partial charge in [0.05, 0.1) is 17.9 Å². The standard InChI is InChI=1S/C22H29NO2/c1-2-21-11-8-18-17-7-5-16(23-24)14-15(17)4-6-19(18)20(21)9-12-22(21)10-3-13-25-22/h3-4,6,10,14,17-20,24H,2,5,7-9,11-13H2,1H3/b23-16+/t17-,18?,19?,20?,21-,22-/m0/s1. The summed E-state index contributed by atoms with van der Waals surface area (Å²) in [4.78, 5) is 0. The maximum Gasteiger partial charge on any atom is 0.0926 e. The molecule has 0 amide bonds. The van der Waals surface area contributed by atoms with Crippen molar-refractivity contribution in [2.24, 2.45) is 34.2 Å². The molecule has 1 aliphatic heterocycles. The molecular weight excluding hydrogens is 310 g/mol. The van der Waals surface area contributed by atoms with Crippen LogP contribution in [-0.2, 0) is 4.74 Å². The molecule has 4 aliphatic carbocycles. The van der Waals surface area contributed by atoms with Crippen molar-refractivity contribution in [1.29, 1.82) is 0 Å². The van der Waals surface area contributed by atoms with Crippen molar-refractivity contribution in [2.45, 2.75) is 57.5 Å². The summed E-state index contributed by atoms with van der Waals surface area (Å²) in [5.41, 5.74) is 2.59. The summed E-state index contributed by atoms with van der Waals surface area (Å²) in [7, 11) is 0. The Bertz CT molecular complexity index is 690. The summed E-state index contributed by atoms with van der Waals surface area (Å²) in [6, 6.07) is 0. The zero-order valence-corrected chi connectivity index (χ0v) is 15.2. The van der Waals surface area contributed by atoms with E-state index in [4.69, 9.17) is 9.94 Å². The fraction of sp³-hybridized carbons (Fsp3) is 0.682. The number of hydrogen-bond acceptors (Lipinski definition) is 3. The number of hydrogen-bond donors (Lipinski definition) is 1. The largest absolute Gasteiger partial charge is 0.411 e. The lowest BCUT2D eigenvalue weighted by Gasteiger charge is -2.55. The zero-order chi connectivity index (χ0) is 17.1. The molecule has 5 rings (SSSR count). The fourth-order valence-corrected chi connectivity index (χ4v) is 7.29. The van der Waals surface area contributed by atoms with E-state index in [1.54, 1.807) is 0 Å². The highest BCUT2D eigenvalue weighted by Crippen LogP contribution is 2.67. The molecule has 6 atom stereocenters. The van der Waals surface area contributed by atoms with Gasteiger partial charge in [0.1, 0.15) is 0 Å². The van der Waals surface area contributed by atoms with E-state index in [1.165, 1.54) is 37.7 Å². The quantitative estimate of drug-likeness (QED) is 0.420. The van der Waals surface area contributed by atoms with E-state index < -0.39 is 0 Å². The summed E-state index contributed by atoms with van der Waals surface area (Å²) in [5, 5.41) is 12.6. The Labute approximate surface area is 150 Å². The zero-order valence-electron chi connectivity index (χ0n) is 15.2. The Morgan fingerprint density at radius 1 is 1.28 bits per heavy atom. The SMILES string of the molecule is CC[C@]12CCC3C(C=CC4=C/C(=N/O)CC[C@@H]43)C1CC[C@@]21C=CCO1. The maximum absolute atomic E-state index is 9.12. The Kier molecular flexibility index (Phi) is 3.54. The minimum absolute atomic E-state index is 0.0185. The summed E-state index contributed by atoms with van der Waals surface area (Å²) in [6.07, 6.45) is 20.0. The van der Waals surface area contributed by atoms with Crippen molar-refractivity contribution < 1.29 is 9.94 Å². The van der Waals surface area contributed by atoms with Crippen LogP contribution in [0.2, 0.25) is 0 Å². The molecule has 0 saturated heterocycles. The van der Waals surface area contributed by atoms with Gasteiger partial charge < -0.3 is 9.94 Å². The van der Waals surface area contributed by atoms with Crippen LogP contribution in [0.4, 0.5) is 0 Å². The van der Waals surface area contributed by atoms with Crippen LogP contribution in [-0.4, -0.2) is 23.1 Å². The van der Waals surface area contributed by atoms with Gasteiger partial charge >= 0.3 is 0 Å². The molecule has 2 fully saturated rings. The summed E-state index contributed by atoms with van der Waals surface area (Å²) in [5.74, 6) is 2.87. The Morgan fingerprint density at radius 3 is 2.96 bits per heavy atom. The molecule has 3 unspecified atom stereocenters. The molecule has 0 aromatic heterocycles. The third-order valence-corrected chi connectivity index (χ3v) is 8.35. The maximum atomic E-state index is 9.12. The van der Waals surface area contributed by atoms with Gasteiger partial charge in [0, 0.05) is 5.41 Å². The first-order valence-electron chi connectivity index (χ1n) is 10.2. The van der Waals surface area contributed by atoms with Gasteiger partial charge in [0.15, 0.2) is 0 Å². The molecule has 134 valence electrons. The Balaban J connectivity index is 1.52. The fourth-order valence-electron chi connectivity index (χ4n) is 7.29. The van der Waals surface area contributed by atoms with Gasteiger partial charge in [-0.3, -0.25) is 0 Å². The van der Waals surface area contributed by atoms with Crippen LogP contribution in [0.15, 0.2) is 41.1 Å². The van der Waals surface area contributed by atoms with Crippen molar-refractivity contribution in [3.8, 4) is 0 Å². The highest BCUT2D eigenvalue weighted by molar-refractivity contribution is 5.96. The molecule has 5 aliphatic rings. The topological polar surface area (TPSA) is 41.8 Å². The monoisotopic (exact) mass is 339 g/mol. The Morgan fingerprint density at radius 2 is 2.20 bits per heavy atom. The molecule has 3 nitrogen and oxygen atoms in total. The van der Waals surface area contributed by atoms with E-state index in [9.17, 15) is 0 Å². The van der Waals surface area contributed by atoms with Crippen LogP contribution >= 0.6 is 0 Å². The summed E-state index contributed by atoms with van der Waals surface area (Å²) < 4.78 is 6.39. The number of fused-ring (bicyclic) bond motifs is 6. The number of oxime groups is 1. The van der Waals surface area contributed by atoms with E-state index in [-0.39, 0.29) is 5.60 Å². The number of rotatable bonds is 1. The Hall–Kier alpha value is -1.35. The average molecular weight is 339 g/mol. The van der Waals surface area contributed by atoms with E-state index in [0.717, 1.165) is 37.0 Å². The molecule has 0 radical (unpaired) electrons. The van der Waals surface area contributed by atoms with Crippen molar-refractivity contribution >= 4 is 5.71 Å². The molecule has 1 N–H and O–H groups in total. The number of nitrogens with zero attached hydrogens (tertiary/aromatic N) is 1. The van der Waals surface area contributed by atoms with Gasteiger partial charge in [-0.2, -0.15) is 0 Å². The van der Waals surface area contributed by atoms with Gasteiger partial charge in [0.25, 0.3) is 0 Å². The van der Waals surface area contributed by atoms with Gasteiger partial charge in [-0.25, -0.2) is 0 Å². The smallest absolute Gasteiger partial charge is 0.0926 e. The number of allylic oxidation sites excluding steroid dienone is 4. The first-order chi connectivity index (χ1) is 12.2. The highest BCUT2D eigenvalue weighted by Gasteiger charge is 2.64. The van der Waals surface area contributed by atoms with Crippen LogP contribution < -0.4 is 0 Å². The van der Waals surface area contributed by atoms with Gasteiger partial charge in [-0.05, 0) is 80.3 Å². The predicted octanol–water partition coefficient (Wildman–Crippen LogP) is 4.88. The highest BCUT2D eigenvalue weighted by atomic mass is 16.5. The predicted molar refractivity (Wildman–Crippen MR) is 98.7 cm³/mol. The van der Waals surface area contributed by atoms with Crippen LogP contribution in [0.5, 0.6) is 0 Å². The summed E-state index contributed by atoms with van der Waals surface area (Å²) in [6.45, 7) is 3.19. The van der Waals surface area contributed by atoms with Gasteiger partial charge in [-0.15, -0.1) is 0 Å². The average Bonchev–Trinajstić information content (AvgIpc) is 3.27. The van der Waals surface area contributed by atoms with Crippen LogP contribution in [0, 0.1) is 29.1 Å². The molecule has 25 heavy (non-hydrogen) atoms.